The molecule has 2 N–H and O–H groups in total. The highest BCUT2D eigenvalue weighted by Gasteiger charge is 2.32. The monoisotopic (exact) mass is 236 g/mol. The smallest absolute Gasteiger partial charge is 0.221 e. The zero-order valence-corrected chi connectivity index (χ0v) is 10.9. The van der Waals surface area contributed by atoms with Crippen LogP contribution in [0, 0.1) is 6.92 Å². The number of hydrogen-bond acceptors (Lipinski definition) is 5. The van der Waals surface area contributed by atoms with Crippen LogP contribution >= 0.6 is 0 Å². The molecule has 0 saturated carbocycles. The standard InChI is InChI=1S/C12H20N4O/c1-8-5-14-11(13)15-10(8)16-6-9(2)17-12(3,4)7-16/h5,9H,6-7H2,1-4H3,(H2,13,14,15). The molecule has 1 aliphatic heterocycles. The quantitative estimate of drug-likeness (QED) is 0.798. The van der Waals surface area contributed by atoms with Crippen LogP contribution in [0.3, 0.4) is 0 Å². The summed E-state index contributed by atoms with van der Waals surface area (Å²) < 4.78 is 5.88. The normalized spacial score (nSPS) is 23.8. The third-order valence-corrected chi connectivity index (χ3v) is 2.83. The van der Waals surface area contributed by atoms with Crippen LogP contribution < -0.4 is 10.6 Å². The van der Waals surface area contributed by atoms with Crippen molar-refractivity contribution in [1.82, 2.24) is 9.97 Å². The van der Waals surface area contributed by atoms with Crippen molar-refractivity contribution < 1.29 is 4.74 Å². The average molecular weight is 236 g/mol. The number of rotatable bonds is 1. The number of aromatic nitrogens is 2. The number of nitrogen functional groups attached to an aromatic ring is 1. The Kier molecular flexibility index (Phi) is 2.95. The summed E-state index contributed by atoms with van der Waals surface area (Å²) in [6, 6.07) is 0. The van der Waals surface area contributed by atoms with Gasteiger partial charge >= 0.3 is 0 Å². The fourth-order valence-electron chi connectivity index (χ4n) is 2.38. The third kappa shape index (κ3) is 2.66. The van der Waals surface area contributed by atoms with Gasteiger partial charge in [0.2, 0.25) is 5.95 Å². The number of morpholine rings is 1. The molecule has 1 aliphatic rings. The molecule has 0 amide bonds. The fourth-order valence-corrected chi connectivity index (χ4v) is 2.38. The summed E-state index contributed by atoms with van der Waals surface area (Å²) in [5.74, 6) is 1.24. The maximum atomic E-state index is 5.88. The van der Waals surface area contributed by atoms with Crippen LogP contribution in [0.25, 0.3) is 0 Å². The molecule has 0 aromatic carbocycles. The van der Waals surface area contributed by atoms with E-state index in [2.05, 4.69) is 35.6 Å². The first-order valence-corrected chi connectivity index (χ1v) is 5.89. The minimum absolute atomic E-state index is 0.163. The van der Waals surface area contributed by atoms with Gasteiger partial charge in [0, 0.05) is 24.8 Å². The molecule has 17 heavy (non-hydrogen) atoms. The molecule has 1 fully saturated rings. The number of nitrogens with zero attached hydrogens (tertiary/aromatic N) is 3. The van der Waals surface area contributed by atoms with Crippen molar-refractivity contribution in [3.63, 3.8) is 0 Å². The lowest BCUT2D eigenvalue weighted by atomic mass is 10.1. The van der Waals surface area contributed by atoms with E-state index in [9.17, 15) is 0 Å². The van der Waals surface area contributed by atoms with Crippen LogP contribution in [0.15, 0.2) is 6.20 Å². The van der Waals surface area contributed by atoms with Gasteiger partial charge in [-0.05, 0) is 27.7 Å². The minimum atomic E-state index is -0.163. The molecule has 0 bridgehead atoms. The lowest BCUT2D eigenvalue weighted by Crippen LogP contribution is -2.52. The van der Waals surface area contributed by atoms with E-state index in [1.165, 1.54) is 0 Å². The third-order valence-electron chi connectivity index (χ3n) is 2.83. The molecule has 0 radical (unpaired) electrons. The Morgan fingerprint density at radius 3 is 2.88 bits per heavy atom. The molecule has 1 aromatic rings. The van der Waals surface area contributed by atoms with Gasteiger partial charge < -0.3 is 15.4 Å². The Morgan fingerprint density at radius 1 is 1.53 bits per heavy atom. The molecular weight excluding hydrogens is 216 g/mol. The summed E-state index contributed by atoms with van der Waals surface area (Å²) in [4.78, 5) is 10.6. The van der Waals surface area contributed by atoms with Crippen LogP contribution in [0.1, 0.15) is 26.3 Å². The Balaban J connectivity index is 2.30. The highest BCUT2D eigenvalue weighted by molar-refractivity contribution is 5.48. The number of hydrogen-bond donors (Lipinski definition) is 1. The Hall–Kier alpha value is -1.36. The summed E-state index contributed by atoms with van der Waals surface area (Å²) in [6.45, 7) is 9.91. The SMILES string of the molecule is Cc1cnc(N)nc1N1CC(C)OC(C)(C)C1. The molecule has 94 valence electrons. The minimum Gasteiger partial charge on any atom is -0.369 e. The molecule has 2 rings (SSSR count). The van der Waals surface area contributed by atoms with E-state index in [0.717, 1.165) is 24.5 Å². The number of aryl methyl sites for hydroxylation is 1. The maximum absolute atomic E-state index is 5.88. The van der Waals surface area contributed by atoms with Crippen molar-refractivity contribution in [2.45, 2.75) is 39.4 Å². The Labute approximate surface area is 102 Å². The van der Waals surface area contributed by atoms with Crippen LogP contribution in [0.5, 0.6) is 0 Å². The van der Waals surface area contributed by atoms with Gasteiger partial charge in [-0.25, -0.2) is 4.98 Å². The number of ether oxygens (including phenoxy) is 1. The first kappa shape index (κ1) is 12.1. The van der Waals surface area contributed by atoms with Gasteiger partial charge in [-0.15, -0.1) is 0 Å². The van der Waals surface area contributed by atoms with Gasteiger partial charge in [0.15, 0.2) is 0 Å². The second kappa shape index (κ2) is 4.14. The van der Waals surface area contributed by atoms with Gasteiger partial charge in [-0.1, -0.05) is 0 Å². The predicted octanol–water partition coefficient (Wildman–Crippen LogP) is 1.37. The van der Waals surface area contributed by atoms with Gasteiger partial charge in [0.05, 0.1) is 11.7 Å². The lowest BCUT2D eigenvalue weighted by Gasteiger charge is -2.42. The van der Waals surface area contributed by atoms with E-state index >= 15 is 0 Å². The van der Waals surface area contributed by atoms with E-state index < -0.39 is 0 Å². The van der Waals surface area contributed by atoms with Crippen LogP contribution in [0.2, 0.25) is 0 Å². The highest BCUT2D eigenvalue weighted by Crippen LogP contribution is 2.26. The van der Waals surface area contributed by atoms with Crippen molar-refractivity contribution in [3.8, 4) is 0 Å². The summed E-state index contributed by atoms with van der Waals surface area (Å²) in [7, 11) is 0. The second-order valence-corrected chi connectivity index (χ2v) is 5.30. The van der Waals surface area contributed by atoms with E-state index in [1.54, 1.807) is 6.20 Å². The second-order valence-electron chi connectivity index (χ2n) is 5.30. The van der Waals surface area contributed by atoms with Crippen molar-refractivity contribution >= 4 is 11.8 Å². The van der Waals surface area contributed by atoms with Crippen molar-refractivity contribution in [1.29, 1.82) is 0 Å². The zero-order valence-electron chi connectivity index (χ0n) is 10.9. The molecule has 5 nitrogen and oxygen atoms in total. The first-order valence-electron chi connectivity index (χ1n) is 5.89. The number of anilines is 2. The van der Waals surface area contributed by atoms with Crippen molar-refractivity contribution in [3.05, 3.63) is 11.8 Å². The Bertz CT molecular complexity index is 419. The number of nitrogens with two attached hydrogens (primary N) is 1. The Morgan fingerprint density at radius 2 is 2.24 bits per heavy atom. The van der Waals surface area contributed by atoms with Crippen LogP contribution in [0.4, 0.5) is 11.8 Å². The van der Waals surface area contributed by atoms with E-state index in [0.29, 0.717) is 5.95 Å². The molecule has 1 aromatic heterocycles. The largest absolute Gasteiger partial charge is 0.369 e. The summed E-state index contributed by atoms with van der Waals surface area (Å²) >= 11 is 0. The predicted molar refractivity (Wildman–Crippen MR) is 68.0 cm³/mol. The molecule has 2 heterocycles. The van der Waals surface area contributed by atoms with E-state index in [-0.39, 0.29) is 11.7 Å². The van der Waals surface area contributed by atoms with Gasteiger partial charge in [0.25, 0.3) is 0 Å². The van der Waals surface area contributed by atoms with Gasteiger partial charge in [0.1, 0.15) is 5.82 Å². The summed E-state index contributed by atoms with van der Waals surface area (Å²) in [6.07, 6.45) is 1.96. The van der Waals surface area contributed by atoms with E-state index in [4.69, 9.17) is 10.5 Å². The molecular formula is C12H20N4O. The fraction of sp³-hybridized carbons (Fsp3) is 0.667. The van der Waals surface area contributed by atoms with E-state index in [1.807, 2.05) is 6.92 Å². The summed E-state index contributed by atoms with van der Waals surface area (Å²) in [5.41, 5.74) is 6.54. The average Bonchev–Trinajstić information content (AvgIpc) is 2.18. The summed E-state index contributed by atoms with van der Waals surface area (Å²) in [5, 5.41) is 0. The van der Waals surface area contributed by atoms with Gasteiger partial charge in [-0.3, -0.25) is 0 Å². The topological polar surface area (TPSA) is 64.3 Å². The first-order chi connectivity index (χ1) is 7.87. The highest BCUT2D eigenvalue weighted by atomic mass is 16.5. The molecule has 1 unspecified atom stereocenters. The zero-order chi connectivity index (χ0) is 12.6. The van der Waals surface area contributed by atoms with Gasteiger partial charge in [-0.2, -0.15) is 4.98 Å². The molecule has 0 spiro atoms. The lowest BCUT2D eigenvalue weighted by molar-refractivity contribution is -0.0751. The van der Waals surface area contributed by atoms with Crippen LogP contribution in [-0.4, -0.2) is 34.8 Å². The molecule has 1 saturated heterocycles. The van der Waals surface area contributed by atoms with Crippen molar-refractivity contribution in [2.75, 3.05) is 23.7 Å². The van der Waals surface area contributed by atoms with Crippen molar-refractivity contribution in [2.24, 2.45) is 0 Å². The molecule has 5 heteroatoms. The maximum Gasteiger partial charge on any atom is 0.221 e. The molecule has 1 atom stereocenters. The molecule has 0 aliphatic carbocycles. The van der Waals surface area contributed by atoms with Crippen LogP contribution in [-0.2, 0) is 4.74 Å².